The summed E-state index contributed by atoms with van der Waals surface area (Å²) in [6.07, 6.45) is 4.96. The fourth-order valence-electron chi connectivity index (χ4n) is 3.65. The molecule has 2 N–H and O–H groups in total. The number of likely N-dealkylation sites (N-methyl/N-ethyl adjacent to an activating group) is 1. The van der Waals surface area contributed by atoms with E-state index in [4.69, 9.17) is 0 Å². The van der Waals surface area contributed by atoms with Gasteiger partial charge in [-0.25, -0.2) is 0 Å². The molecule has 1 saturated heterocycles. The van der Waals surface area contributed by atoms with Gasteiger partial charge in [-0.1, -0.05) is 13.3 Å². The first-order valence-electron chi connectivity index (χ1n) is 7.84. The second kappa shape index (κ2) is 6.55. The molecule has 1 rings (SSSR count). The molecule has 19 heavy (non-hydrogen) atoms. The quantitative estimate of drug-likeness (QED) is 0.776. The van der Waals surface area contributed by atoms with E-state index in [0.717, 1.165) is 6.54 Å². The average molecular weight is 269 g/mol. The van der Waals surface area contributed by atoms with Crippen molar-refractivity contribution in [1.82, 2.24) is 15.5 Å². The van der Waals surface area contributed by atoms with Crippen LogP contribution >= 0.6 is 0 Å². The van der Waals surface area contributed by atoms with Crippen LogP contribution in [0.4, 0.5) is 0 Å². The highest BCUT2D eigenvalue weighted by Crippen LogP contribution is 2.28. The van der Waals surface area contributed by atoms with E-state index in [1.807, 2.05) is 0 Å². The third-order valence-electron chi connectivity index (χ3n) is 4.18. The summed E-state index contributed by atoms with van der Waals surface area (Å²) >= 11 is 0. The Kier molecular flexibility index (Phi) is 5.84. The molecular weight excluding hydrogens is 234 g/mol. The zero-order valence-electron chi connectivity index (χ0n) is 14.1. The predicted octanol–water partition coefficient (Wildman–Crippen LogP) is 2.62. The summed E-state index contributed by atoms with van der Waals surface area (Å²) in [6, 6.07) is 1.29. The normalized spacial score (nSPS) is 24.6. The lowest BCUT2D eigenvalue weighted by atomic mass is 9.79. The van der Waals surface area contributed by atoms with Crippen LogP contribution in [-0.2, 0) is 0 Å². The van der Waals surface area contributed by atoms with Gasteiger partial charge in [-0.05, 0) is 61.1 Å². The fraction of sp³-hybridized carbons (Fsp3) is 1.00. The summed E-state index contributed by atoms with van der Waals surface area (Å²) in [5.74, 6) is 0. The molecule has 3 nitrogen and oxygen atoms in total. The molecule has 0 bridgehead atoms. The highest BCUT2D eigenvalue weighted by atomic mass is 15.1. The lowest BCUT2D eigenvalue weighted by Gasteiger charge is -2.47. The Balaban J connectivity index is 2.51. The maximum absolute atomic E-state index is 3.82. The van der Waals surface area contributed by atoms with Crippen LogP contribution in [-0.4, -0.2) is 48.7 Å². The summed E-state index contributed by atoms with van der Waals surface area (Å²) in [5, 5.41) is 7.56. The van der Waals surface area contributed by atoms with Gasteiger partial charge in [0.05, 0.1) is 0 Å². The summed E-state index contributed by atoms with van der Waals surface area (Å²) < 4.78 is 0. The SMILES string of the molecule is CCC[C@@H](CNC1CC(C)(C)NC(C)(C)C1)N(C)C. The number of piperidine rings is 1. The van der Waals surface area contributed by atoms with E-state index in [9.17, 15) is 0 Å². The number of rotatable bonds is 6. The Hall–Kier alpha value is -0.120. The van der Waals surface area contributed by atoms with Crippen molar-refractivity contribution in [3.8, 4) is 0 Å². The van der Waals surface area contributed by atoms with E-state index >= 15 is 0 Å². The number of hydrogen-bond donors (Lipinski definition) is 2. The maximum Gasteiger partial charge on any atom is 0.0214 e. The van der Waals surface area contributed by atoms with Crippen molar-refractivity contribution in [3.05, 3.63) is 0 Å². The van der Waals surface area contributed by atoms with Gasteiger partial charge in [-0.15, -0.1) is 0 Å². The smallest absolute Gasteiger partial charge is 0.0214 e. The van der Waals surface area contributed by atoms with E-state index < -0.39 is 0 Å². The first kappa shape index (κ1) is 16.9. The maximum atomic E-state index is 3.82. The van der Waals surface area contributed by atoms with Crippen molar-refractivity contribution in [2.45, 2.75) is 83.5 Å². The predicted molar refractivity (Wildman–Crippen MR) is 84.7 cm³/mol. The van der Waals surface area contributed by atoms with Crippen LogP contribution in [0.25, 0.3) is 0 Å². The second-order valence-corrected chi connectivity index (χ2v) is 7.81. The van der Waals surface area contributed by atoms with E-state index in [0.29, 0.717) is 12.1 Å². The van der Waals surface area contributed by atoms with Crippen LogP contribution < -0.4 is 10.6 Å². The first-order chi connectivity index (χ1) is 8.65. The fourth-order valence-corrected chi connectivity index (χ4v) is 3.65. The molecule has 0 aliphatic carbocycles. The highest BCUT2D eigenvalue weighted by Gasteiger charge is 2.37. The highest BCUT2D eigenvalue weighted by molar-refractivity contribution is 4.99. The molecule has 0 spiro atoms. The van der Waals surface area contributed by atoms with Crippen molar-refractivity contribution in [1.29, 1.82) is 0 Å². The molecule has 1 fully saturated rings. The van der Waals surface area contributed by atoms with Crippen molar-refractivity contribution in [3.63, 3.8) is 0 Å². The Morgan fingerprint density at radius 1 is 1.16 bits per heavy atom. The lowest BCUT2D eigenvalue weighted by molar-refractivity contribution is 0.139. The Labute approximate surface area is 120 Å². The van der Waals surface area contributed by atoms with Gasteiger partial charge in [0.2, 0.25) is 0 Å². The monoisotopic (exact) mass is 269 g/mol. The van der Waals surface area contributed by atoms with E-state index in [-0.39, 0.29) is 11.1 Å². The minimum absolute atomic E-state index is 0.234. The molecule has 0 saturated carbocycles. The van der Waals surface area contributed by atoms with Gasteiger partial charge in [-0.3, -0.25) is 0 Å². The second-order valence-electron chi connectivity index (χ2n) is 7.81. The molecule has 0 aromatic heterocycles. The molecule has 1 heterocycles. The Bertz CT molecular complexity index is 255. The molecule has 0 aromatic carbocycles. The van der Waals surface area contributed by atoms with E-state index in [2.05, 4.69) is 64.2 Å². The summed E-state index contributed by atoms with van der Waals surface area (Å²) in [4.78, 5) is 2.36. The van der Waals surface area contributed by atoms with Gasteiger partial charge >= 0.3 is 0 Å². The summed E-state index contributed by atoms with van der Waals surface area (Å²) in [6.45, 7) is 12.6. The van der Waals surface area contributed by atoms with Crippen LogP contribution in [0.15, 0.2) is 0 Å². The van der Waals surface area contributed by atoms with Crippen LogP contribution in [0, 0.1) is 0 Å². The zero-order valence-corrected chi connectivity index (χ0v) is 14.1. The third kappa shape index (κ3) is 5.80. The summed E-state index contributed by atoms with van der Waals surface area (Å²) in [7, 11) is 4.39. The third-order valence-corrected chi connectivity index (χ3v) is 4.18. The first-order valence-corrected chi connectivity index (χ1v) is 7.84. The lowest BCUT2D eigenvalue weighted by Crippen LogP contribution is -2.62. The molecule has 0 unspecified atom stereocenters. The zero-order chi connectivity index (χ0) is 14.7. The standard InChI is InChI=1S/C16H35N3/c1-8-9-14(19(6)7)12-17-13-10-15(2,3)18-16(4,5)11-13/h13-14,17-18H,8-12H2,1-7H3/t14-/m0/s1. The van der Waals surface area contributed by atoms with Crippen molar-refractivity contribution in [2.75, 3.05) is 20.6 Å². The summed E-state index contributed by atoms with van der Waals surface area (Å²) in [5.41, 5.74) is 0.468. The van der Waals surface area contributed by atoms with Crippen molar-refractivity contribution < 1.29 is 0 Å². The minimum Gasteiger partial charge on any atom is -0.312 e. The molecule has 1 aliphatic heterocycles. The number of nitrogens with zero attached hydrogens (tertiary/aromatic N) is 1. The minimum atomic E-state index is 0.234. The molecule has 3 heteroatoms. The largest absolute Gasteiger partial charge is 0.312 e. The van der Waals surface area contributed by atoms with Gasteiger partial charge in [0, 0.05) is 29.7 Å². The number of nitrogens with one attached hydrogen (secondary N) is 2. The van der Waals surface area contributed by atoms with Crippen molar-refractivity contribution in [2.24, 2.45) is 0 Å². The van der Waals surface area contributed by atoms with Crippen LogP contribution in [0.1, 0.15) is 60.3 Å². The molecule has 0 amide bonds. The Morgan fingerprint density at radius 3 is 2.11 bits per heavy atom. The van der Waals surface area contributed by atoms with E-state index in [1.165, 1.54) is 25.7 Å². The molecule has 1 aliphatic rings. The molecule has 0 aromatic rings. The van der Waals surface area contributed by atoms with Gasteiger partial charge in [0.25, 0.3) is 0 Å². The van der Waals surface area contributed by atoms with Crippen LogP contribution in [0.5, 0.6) is 0 Å². The molecular formula is C16H35N3. The topological polar surface area (TPSA) is 27.3 Å². The van der Waals surface area contributed by atoms with Crippen LogP contribution in [0.2, 0.25) is 0 Å². The van der Waals surface area contributed by atoms with E-state index in [1.54, 1.807) is 0 Å². The van der Waals surface area contributed by atoms with Crippen molar-refractivity contribution >= 4 is 0 Å². The molecule has 114 valence electrons. The van der Waals surface area contributed by atoms with Gasteiger partial charge in [0.15, 0.2) is 0 Å². The van der Waals surface area contributed by atoms with Gasteiger partial charge in [0.1, 0.15) is 0 Å². The van der Waals surface area contributed by atoms with Gasteiger partial charge < -0.3 is 15.5 Å². The molecule has 1 atom stereocenters. The average Bonchev–Trinajstić information content (AvgIpc) is 2.19. The van der Waals surface area contributed by atoms with Gasteiger partial charge in [-0.2, -0.15) is 0 Å². The number of hydrogen-bond acceptors (Lipinski definition) is 3. The Morgan fingerprint density at radius 2 is 1.68 bits per heavy atom. The van der Waals surface area contributed by atoms with Crippen LogP contribution in [0.3, 0.4) is 0 Å². The molecule has 0 radical (unpaired) electrons.